The van der Waals surface area contributed by atoms with Crippen LogP contribution >= 0.6 is 0 Å². The molecule has 2 nitrogen and oxygen atoms in total. The third-order valence-corrected chi connectivity index (χ3v) is 3.84. The Hall–Kier alpha value is -0.860. The van der Waals surface area contributed by atoms with Gasteiger partial charge in [0.2, 0.25) is 0 Å². The summed E-state index contributed by atoms with van der Waals surface area (Å²) in [5, 5.41) is 3.48. The van der Waals surface area contributed by atoms with Crippen LogP contribution in [0.2, 0.25) is 0 Å². The molecule has 1 heterocycles. The Morgan fingerprint density at radius 2 is 2.06 bits per heavy atom. The Balaban J connectivity index is 2.15. The first-order valence-corrected chi connectivity index (χ1v) is 6.88. The molecule has 1 saturated heterocycles. The molecule has 0 amide bonds. The third-order valence-electron chi connectivity index (χ3n) is 3.84. The monoisotopic (exact) mass is 232 g/mol. The summed E-state index contributed by atoms with van der Waals surface area (Å²) in [6, 6.07) is 12.2. The van der Waals surface area contributed by atoms with Crippen LogP contribution in [0.15, 0.2) is 30.3 Å². The van der Waals surface area contributed by atoms with Crippen LogP contribution in [0.4, 0.5) is 0 Å². The lowest BCUT2D eigenvalue weighted by molar-refractivity contribution is 0.147. The molecule has 2 rings (SSSR count). The molecule has 17 heavy (non-hydrogen) atoms. The van der Waals surface area contributed by atoms with Crippen LogP contribution in [0.5, 0.6) is 0 Å². The van der Waals surface area contributed by atoms with Crippen molar-refractivity contribution in [1.82, 2.24) is 10.2 Å². The highest BCUT2D eigenvalue weighted by Crippen LogP contribution is 2.27. The van der Waals surface area contributed by atoms with Crippen LogP contribution in [0.25, 0.3) is 0 Å². The minimum atomic E-state index is 0.575. The zero-order chi connectivity index (χ0) is 12.1. The van der Waals surface area contributed by atoms with Gasteiger partial charge in [-0.05, 0) is 31.5 Å². The SMILES string of the molecule is CCC(c1ccccc1)N(CC)C1CCNC1. The minimum absolute atomic E-state index is 0.575. The van der Waals surface area contributed by atoms with Crippen molar-refractivity contribution >= 4 is 0 Å². The molecule has 0 radical (unpaired) electrons. The van der Waals surface area contributed by atoms with Crippen molar-refractivity contribution < 1.29 is 0 Å². The lowest BCUT2D eigenvalue weighted by atomic mass is 10.0. The lowest BCUT2D eigenvalue weighted by Gasteiger charge is -2.35. The van der Waals surface area contributed by atoms with Gasteiger partial charge in [-0.15, -0.1) is 0 Å². The van der Waals surface area contributed by atoms with E-state index in [0.29, 0.717) is 12.1 Å². The molecule has 1 aromatic rings. The van der Waals surface area contributed by atoms with E-state index in [1.54, 1.807) is 0 Å². The van der Waals surface area contributed by atoms with Crippen LogP contribution in [0.3, 0.4) is 0 Å². The first-order chi connectivity index (χ1) is 8.36. The molecule has 1 aliphatic heterocycles. The van der Waals surface area contributed by atoms with Gasteiger partial charge >= 0.3 is 0 Å². The van der Waals surface area contributed by atoms with Gasteiger partial charge in [-0.2, -0.15) is 0 Å². The van der Waals surface area contributed by atoms with Crippen molar-refractivity contribution in [2.75, 3.05) is 19.6 Å². The zero-order valence-corrected chi connectivity index (χ0v) is 11.0. The van der Waals surface area contributed by atoms with Crippen LogP contribution in [0, 0.1) is 0 Å². The predicted molar refractivity (Wildman–Crippen MR) is 73.1 cm³/mol. The average Bonchev–Trinajstić information content (AvgIpc) is 2.90. The molecule has 0 spiro atoms. The first kappa shape index (κ1) is 12.6. The van der Waals surface area contributed by atoms with Gasteiger partial charge in [0.05, 0.1) is 0 Å². The zero-order valence-electron chi connectivity index (χ0n) is 11.0. The van der Waals surface area contributed by atoms with Gasteiger partial charge in [-0.25, -0.2) is 0 Å². The number of rotatable bonds is 5. The molecule has 0 aromatic heterocycles. The highest BCUT2D eigenvalue weighted by molar-refractivity contribution is 5.19. The summed E-state index contributed by atoms with van der Waals surface area (Å²) in [6.07, 6.45) is 2.48. The van der Waals surface area contributed by atoms with E-state index in [1.807, 2.05) is 0 Å². The van der Waals surface area contributed by atoms with Crippen LogP contribution < -0.4 is 5.32 Å². The van der Waals surface area contributed by atoms with Gasteiger partial charge in [0, 0.05) is 18.6 Å². The van der Waals surface area contributed by atoms with Gasteiger partial charge in [-0.1, -0.05) is 44.2 Å². The summed E-state index contributed by atoms with van der Waals surface area (Å²) >= 11 is 0. The Morgan fingerprint density at radius 3 is 2.59 bits per heavy atom. The number of hydrogen-bond acceptors (Lipinski definition) is 2. The normalized spacial score (nSPS) is 21.9. The summed E-state index contributed by atoms with van der Waals surface area (Å²) in [5.74, 6) is 0. The van der Waals surface area contributed by atoms with E-state index in [-0.39, 0.29) is 0 Å². The average molecular weight is 232 g/mol. The standard InChI is InChI=1S/C15H24N2/c1-3-15(13-8-6-5-7-9-13)17(4-2)14-10-11-16-12-14/h5-9,14-16H,3-4,10-12H2,1-2H3. The van der Waals surface area contributed by atoms with Gasteiger partial charge in [-0.3, -0.25) is 4.90 Å². The maximum absolute atomic E-state index is 3.48. The van der Waals surface area contributed by atoms with Crippen LogP contribution in [-0.2, 0) is 0 Å². The van der Waals surface area contributed by atoms with Gasteiger partial charge in [0.15, 0.2) is 0 Å². The molecule has 0 saturated carbocycles. The molecule has 2 heteroatoms. The third kappa shape index (κ3) is 2.88. The highest BCUT2D eigenvalue weighted by Gasteiger charge is 2.27. The molecule has 2 atom stereocenters. The van der Waals surface area contributed by atoms with Gasteiger partial charge < -0.3 is 5.32 Å². The molecular weight excluding hydrogens is 208 g/mol. The van der Waals surface area contributed by atoms with E-state index in [9.17, 15) is 0 Å². The Bertz CT molecular complexity index is 317. The van der Waals surface area contributed by atoms with Crippen molar-refractivity contribution in [2.24, 2.45) is 0 Å². The summed E-state index contributed by atoms with van der Waals surface area (Å²) < 4.78 is 0. The second-order valence-electron chi connectivity index (χ2n) is 4.81. The fourth-order valence-corrected chi connectivity index (χ4v) is 2.99. The summed E-state index contributed by atoms with van der Waals surface area (Å²) in [4.78, 5) is 2.66. The summed E-state index contributed by atoms with van der Waals surface area (Å²) in [6.45, 7) is 8.04. The van der Waals surface area contributed by atoms with Gasteiger partial charge in [0.25, 0.3) is 0 Å². The smallest absolute Gasteiger partial charge is 0.0348 e. The first-order valence-electron chi connectivity index (χ1n) is 6.88. The predicted octanol–water partition coefficient (Wildman–Crippen LogP) is 2.82. The number of likely N-dealkylation sites (N-methyl/N-ethyl adjacent to an activating group) is 1. The van der Waals surface area contributed by atoms with E-state index in [0.717, 1.165) is 13.1 Å². The molecule has 94 valence electrons. The van der Waals surface area contributed by atoms with Crippen molar-refractivity contribution in [2.45, 2.75) is 38.8 Å². The maximum Gasteiger partial charge on any atom is 0.0348 e. The molecule has 2 unspecified atom stereocenters. The Labute approximate surface area is 105 Å². The quantitative estimate of drug-likeness (QED) is 0.840. The number of nitrogens with one attached hydrogen (secondary N) is 1. The highest BCUT2D eigenvalue weighted by atomic mass is 15.2. The molecule has 0 aliphatic carbocycles. The van der Waals surface area contributed by atoms with Gasteiger partial charge in [0.1, 0.15) is 0 Å². The molecule has 1 fully saturated rings. The van der Waals surface area contributed by atoms with E-state index >= 15 is 0 Å². The van der Waals surface area contributed by atoms with Crippen molar-refractivity contribution in [3.8, 4) is 0 Å². The van der Waals surface area contributed by atoms with Crippen molar-refractivity contribution in [3.63, 3.8) is 0 Å². The second-order valence-corrected chi connectivity index (χ2v) is 4.81. The van der Waals surface area contributed by atoms with Crippen LogP contribution in [0.1, 0.15) is 38.3 Å². The number of hydrogen-bond donors (Lipinski definition) is 1. The van der Waals surface area contributed by atoms with Crippen molar-refractivity contribution in [3.05, 3.63) is 35.9 Å². The fourth-order valence-electron chi connectivity index (χ4n) is 2.99. The van der Waals surface area contributed by atoms with E-state index in [4.69, 9.17) is 0 Å². The van der Waals surface area contributed by atoms with E-state index in [1.165, 1.54) is 24.9 Å². The van der Waals surface area contributed by atoms with E-state index in [2.05, 4.69) is 54.4 Å². The Morgan fingerprint density at radius 1 is 1.29 bits per heavy atom. The minimum Gasteiger partial charge on any atom is -0.315 e. The van der Waals surface area contributed by atoms with E-state index < -0.39 is 0 Å². The largest absolute Gasteiger partial charge is 0.315 e. The topological polar surface area (TPSA) is 15.3 Å². The van der Waals surface area contributed by atoms with Crippen LogP contribution in [-0.4, -0.2) is 30.6 Å². The Kier molecular flexibility index (Phi) is 4.57. The summed E-state index contributed by atoms with van der Waals surface area (Å²) in [7, 11) is 0. The van der Waals surface area contributed by atoms with Crippen molar-refractivity contribution in [1.29, 1.82) is 0 Å². The number of nitrogens with zero attached hydrogens (tertiary/aromatic N) is 1. The summed E-state index contributed by atoms with van der Waals surface area (Å²) in [5.41, 5.74) is 1.46. The second kappa shape index (κ2) is 6.18. The molecule has 1 aromatic carbocycles. The molecule has 1 aliphatic rings. The lowest BCUT2D eigenvalue weighted by Crippen LogP contribution is -2.39. The maximum atomic E-state index is 3.48. The molecule has 0 bridgehead atoms. The molecular formula is C15H24N2. The number of benzene rings is 1. The molecule has 1 N–H and O–H groups in total. The fraction of sp³-hybridized carbons (Fsp3) is 0.600.